The zero-order valence-corrected chi connectivity index (χ0v) is 21.7. The van der Waals surface area contributed by atoms with Gasteiger partial charge in [0.15, 0.2) is 0 Å². The number of aromatic amines is 1. The average molecular weight is 498 g/mol. The number of aromatic nitrogens is 3. The van der Waals surface area contributed by atoms with Gasteiger partial charge in [-0.2, -0.15) is 0 Å². The molecule has 2 aromatic heterocycles. The van der Waals surface area contributed by atoms with Crippen LogP contribution in [0.3, 0.4) is 0 Å². The molecular weight excluding hydrogens is 462 g/mol. The van der Waals surface area contributed by atoms with Crippen molar-refractivity contribution in [1.29, 1.82) is 0 Å². The van der Waals surface area contributed by atoms with E-state index in [-0.39, 0.29) is 30.6 Å². The van der Waals surface area contributed by atoms with Crippen LogP contribution in [0, 0.1) is 6.92 Å². The van der Waals surface area contributed by atoms with Crippen molar-refractivity contribution in [2.24, 2.45) is 0 Å². The number of amides is 1. The number of carbonyl (C=O) groups is 2. The largest absolute Gasteiger partial charge is 0.459 e. The highest BCUT2D eigenvalue weighted by Gasteiger charge is 2.44. The fraction of sp³-hybridized carbons (Fsp3) is 0.480. The highest BCUT2D eigenvalue weighted by atomic mass is 16.6. The lowest BCUT2D eigenvalue weighted by atomic mass is 10.2. The van der Waals surface area contributed by atoms with Crippen molar-refractivity contribution >= 4 is 24.0 Å². The van der Waals surface area contributed by atoms with Crippen molar-refractivity contribution in [3.05, 3.63) is 58.4 Å². The van der Waals surface area contributed by atoms with Gasteiger partial charge in [-0.05, 0) is 53.7 Å². The standard InChI is InChI=1S/C25H35N7O4/c1-8-30(19-11-9-10-12-27-19)22-23(35)28-16(2)21(29-22)24-31(13-20(34)36-25(5,6)7)17(3)18(4)32(24)14-26-15-33/h9-12,15,17,24H,4,8,13-14H2,1-3,5-7H3,(H,26,33)(H,28,35). The summed E-state index contributed by atoms with van der Waals surface area (Å²) >= 11 is 0. The predicted octanol–water partition coefficient (Wildman–Crippen LogP) is 2.19. The zero-order valence-electron chi connectivity index (χ0n) is 21.7. The lowest BCUT2D eigenvalue weighted by molar-refractivity contribution is -0.157. The van der Waals surface area contributed by atoms with E-state index in [0.29, 0.717) is 35.9 Å². The van der Waals surface area contributed by atoms with E-state index in [1.807, 2.05) is 50.5 Å². The maximum absolute atomic E-state index is 13.0. The number of hydrogen-bond acceptors (Lipinski definition) is 9. The second-order valence-corrected chi connectivity index (χ2v) is 9.58. The fourth-order valence-electron chi connectivity index (χ4n) is 4.26. The molecule has 36 heavy (non-hydrogen) atoms. The summed E-state index contributed by atoms with van der Waals surface area (Å²) in [4.78, 5) is 54.5. The summed E-state index contributed by atoms with van der Waals surface area (Å²) in [6.07, 6.45) is 1.66. The number of rotatable bonds is 9. The minimum atomic E-state index is -0.644. The molecule has 0 radical (unpaired) electrons. The van der Waals surface area contributed by atoms with E-state index in [2.05, 4.69) is 21.9 Å². The van der Waals surface area contributed by atoms with Gasteiger partial charge in [-0.15, -0.1) is 0 Å². The van der Waals surface area contributed by atoms with Gasteiger partial charge < -0.3 is 24.8 Å². The Morgan fingerprint density at radius 2 is 2.08 bits per heavy atom. The van der Waals surface area contributed by atoms with Crippen LogP contribution in [0.4, 0.5) is 11.6 Å². The maximum Gasteiger partial charge on any atom is 0.320 e. The Morgan fingerprint density at radius 3 is 2.67 bits per heavy atom. The second-order valence-electron chi connectivity index (χ2n) is 9.58. The highest BCUT2D eigenvalue weighted by Crippen LogP contribution is 2.39. The van der Waals surface area contributed by atoms with E-state index in [1.54, 1.807) is 30.2 Å². The monoisotopic (exact) mass is 497 g/mol. The summed E-state index contributed by atoms with van der Waals surface area (Å²) in [6, 6.07) is 5.18. The van der Waals surface area contributed by atoms with Crippen molar-refractivity contribution in [3.8, 4) is 0 Å². The van der Waals surface area contributed by atoms with Crippen molar-refractivity contribution in [2.45, 2.75) is 59.4 Å². The number of nitrogens with one attached hydrogen (secondary N) is 2. The predicted molar refractivity (Wildman–Crippen MR) is 136 cm³/mol. The van der Waals surface area contributed by atoms with Gasteiger partial charge in [0.2, 0.25) is 12.2 Å². The first-order valence-electron chi connectivity index (χ1n) is 11.9. The zero-order chi connectivity index (χ0) is 26.6. The molecule has 1 aliphatic rings. The smallest absolute Gasteiger partial charge is 0.320 e. The summed E-state index contributed by atoms with van der Waals surface area (Å²) in [5, 5.41) is 2.68. The number of ether oxygens (including phenoxy) is 1. The molecule has 0 bridgehead atoms. The molecule has 11 nitrogen and oxygen atoms in total. The van der Waals surface area contributed by atoms with Crippen molar-refractivity contribution in [2.75, 3.05) is 24.7 Å². The number of esters is 1. The molecule has 1 saturated heterocycles. The van der Waals surface area contributed by atoms with Crippen LogP contribution >= 0.6 is 0 Å². The number of hydrogen-bond donors (Lipinski definition) is 2. The molecular formula is C25H35N7O4. The molecule has 2 N–H and O–H groups in total. The summed E-state index contributed by atoms with van der Waals surface area (Å²) < 4.78 is 5.58. The van der Waals surface area contributed by atoms with Crippen LogP contribution < -0.4 is 15.8 Å². The van der Waals surface area contributed by atoms with Gasteiger partial charge in [-0.3, -0.25) is 19.3 Å². The average Bonchev–Trinajstić information content (AvgIpc) is 3.03. The fourth-order valence-corrected chi connectivity index (χ4v) is 4.26. The summed E-state index contributed by atoms with van der Waals surface area (Å²) in [6.45, 7) is 15.8. The van der Waals surface area contributed by atoms with Gasteiger partial charge in [0.1, 0.15) is 17.6 Å². The van der Waals surface area contributed by atoms with Crippen LogP contribution in [0.15, 0.2) is 41.5 Å². The molecule has 11 heteroatoms. The van der Waals surface area contributed by atoms with Crippen molar-refractivity contribution in [3.63, 3.8) is 0 Å². The SMILES string of the molecule is C=C1C(C)N(CC(=O)OC(C)(C)C)C(c2nc(N(CC)c3ccccn3)c(=O)[nH]c2C)N1CNC=O. The van der Waals surface area contributed by atoms with Gasteiger partial charge in [-0.25, -0.2) is 9.97 Å². The van der Waals surface area contributed by atoms with Gasteiger partial charge in [-0.1, -0.05) is 12.6 Å². The quantitative estimate of drug-likeness (QED) is 0.396. The topological polar surface area (TPSA) is 124 Å². The molecule has 0 saturated carbocycles. The molecule has 1 amide bonds. The van der Waals surface area contributed by atoms with Gasteiger partial charge in [0.05, 0.1) is 18.9 Å². The first kappa shape index (κ1) is 26.9. The van der Waals surface area contributed by atoms with E-state index in [4.69, 9.17) is 9.72 Å². The van der Waals surface area contributed by atoms with E-state index >= 15 is 0 Å². The Kier molecular flexibility index (Phi) is 8.13. The third-order valence-corrected chi connectivity index (χ3v) is 5.89. The molecule has 0 aromatic carbocycles. The minimum absolute atomic E-state index is 0.0347. The number of H-pyrrole nitrogens is 1. The van der Waals surface area contributed by atoms with Gasteiger partial charge in [0, 0.05) is 30.2 Å². The lowest BCUT2D eigenvalue weighted by Gasteiger charge is -2.32. The van der Waals surface area contributed by atoms with Gasteiger partial charge in [0.25, 0.3) is 5.56 Å². The van der Waals surface area contributed by atoms with E-state index in [0.717, 1.165) is 0 Å². The number of pyridine rings is 1. The van der Waals surface area contributed by atoms with E-state index in [1.165, 1.54) is 0 Å². The molecule has 1 aliphatic heterocycles. The molecule has 3 rings (SSSR count). The molecule has 2 atom stereocenters. The van der Waals surface area contributed by atoms with Crippen LogP contribution in [-0.4, -0.2) is 68.5 Å². The third-order valence-electron chi connectivity index (χ3n) is 5.89. The summed E-state index contributed by atoms with van der Waals surface area (Å²) in [7, 11) is 0. The molecule has 3 heterocycles. The maximum atomic E-state index is 13.0. The Balaban J connectivity index is 2.11. The number of carbonyl (C=O) groups excluding carboxylic acids is 2. The minimum Gasteiger partial charge on any atom is -0.459 e. The summed E-state index contributed by atoms with van der Waals surface area (Å²) in [5.74, 6) is 0.368. The van der Waals surface area contributed by atoms with E-state index < -0.39 is 17.7 Å². The van der Waals surface area contributed by atoms with E-state index in [9.17, 15) is 14.4 Å². The van der Waals surface area contributed by atoms with Crippen LogP contribution in [0.2, 0.25) is 0 Å². The normalized spacial score (nSPS) is 18.3. The molecule has 0 aliphatic carbocycles. The Morgan fingerprint density at radius 1 is 1.36 bits per heavy atom. The first-order chi connectivity index (χ1) is 17.0. The van der Waals surface area contributed by atoms with Crippen LogP contribution in [0.25, 0.3) is 0 Å². The van der Waals surface area contributed by atoms with Crippen LogP contribution in [0.1, 0.15) is 52.2 Å². The summed E-state index contributed by atoms with van der Waals surface area (Å²) in [5.41, 5.74) is 0.766. The first-order valence-corrected chi connectivity index (χ1v) is 11.9. The van der Waals surface area contributed by atoms with Crippen molar-refractivity contribution in [1.82, 2.24) is 30.1 Å². The number of anilines is 2. The van der Waals surface area contributed by atoms with Crippen molar-refractivity contribution < 1.29 is 14.3 Å². The Bertz CT molecular complexity index is 1160. The molecule has 2 aromatic rings. The van der Waals surface area contributed by atoms with Crippen LogP contribution in [0.5, 0.6) is 0 Å². The highest BCUT2D eigenvalue weighted by molar-refractivity contribution is 5.72. The second kappa shape index (κ2) is 10.9. The number of aryl methyl sites for hydroxylation is 1. The number of nitrogens with zero attached hydrogens (tertiary/aromatic N) is 5. The lowest BCUT2D eigenvalue weighted by Crippen LogP contribution is -2.42. The molecule has 1 fully saturated rings. The third kappa shape index (κ3) is 5.73. The molecule has 194 valence electrons. The Hall–Kier alpha value is -3.73. The Labute approximate surface area is 211 Å². The van der Waals surface area contributed by atoms with Crippen LogP contribution in [-0.2, 0) is 14.3 Å². The molecule has 0 spiro atoms. The molecule has 2 unspecified atom stereocenters. The van der Waals surface area contributed by atoms with Gasteiger partial charge >= 0.3 is 5.97 Å².